The van der Waals surface area contributed by atoms with Gasteiger partial charge in [0.25, 0.3) is 5.91 Å². The van der Waals surface area contributed by atoms with Gasteiger partial charge in [0.2, 0.25) is 0 Å². The molecule has 6 nitrogen and oxygen atoms in total. The fourth-order valence-corrected chi connectivity index (χ4v) is 2.39. The summed E-state index contributed by atoms with van der Waals surface area (Å²) >= 11 is 1.01. The van der Waals surface area contributed by atoms with Crippen LogP contribution in [-0.4, -0.2) is 48.9 Å². The molecule has 1 aromatic rings. The molecule has 0 unspecified atom stereocenters. The second kappa shape index (κ2) is 7.28. The second-order valence-electron chi connectivity index (χ2n) is 4.10. The molecule has 0 aromatic heterocycles. The van der Waals surface area contributed by atoms with E-state index in [1.54, 1.807) is 31.4 Å². The Balaban J connectivity index is 1.84. The van der Waals surface area contributed by atoms with E-state index < -0.39 is 5.91 Å². The summed E-state index contributed by atoms with van der Waals surface area (Å²) in [5.74, 6) is 0.244. The van der Waals surface area contributed by atoms with Gasteiger partial charge >= 0.3 is 5.24 Å². The molecule has 1 aromatic carbocycles. The first-order valence-corrected chi connectivity index (χ1v) is 6.96. The van der Waals surface area contributed by atoms with Crippen molar-refractivity contribution in [2.75, 3.05) is 33.4 Å². The van der Waals surface area contributed by atoms with Crippen LogP contribution in [-0.2, 0) is 4.74 Å². The summed E-state index contributed by atoms with van der Waals surface area (Å²) in [5, 5.41) is 1.96. The monoisotopic (exact) mass is 296 g/mol. The molecule has 0 spiro atoms. The molecule has 0 bridgehead atoms. The number of morpholine rings is 1. The van der Waals surface area contributed by atoms with Crippen LogP contribution in [0.2, 0.25) is 0 Å². The zero-order valence-electron chi connectivity index (χ0n) is 11.1. The largest absolute Gasteiger partial charge is 0.497 e. The zero-order valence-corrected chi connectivity index (χ0v) is 11.9. The molecular weight excluding hydrogens is 280 g/mol. The highest BCUT2D eigenvalue weighted by Gasteiger charge is 2.17. The summed E-state index contributed by atoms with van der Waals surface area (Å²) in [4.78, 5) is 23.6. The van der Waals surface area contributed by atoms with Gasteiger partial charge in [-0.2, -0.15) is 0 Å². The van der Waals surface area contributed by atoms with Crippen molar-refractivity contribution in [3.05, 3.63) is 29.8 Å². The summed E-state index contributed by atoms with van der Waals surface area (Å²) < 4.78 is 12.1. The van der Waals surface area contributed by atoms with Crippen LogP contribution < -0.4 is 10.1 Å². The van der Waals surface area contributed by atoms with E-state index in [2.05, 4.69) is 5.32 Å². The number of amides is 2. The third kappa shape index (κ3) is 4.22. The van der Waals surface area contributed by atoms with Crippen molar-refractivity contribution < 1.29 is 19.1 Å². The van der Waals surface area contributed by atoms with Crippen LogP contribution in [0.25, 0.3) is 0 Å². The van der Waals surface area contributed by atoms with Crippen LogP contribution in [0.4, 0.5) is 4.79 Å². The third-order valence-corrected chi connectivity index (χ3v) is 3.64. The van der Waals surface area contributed by atoms with Crippen molar-refractivity contribution >= 4 is 23.1 Å². The molecule has 1 aliphatic rings. The molecule has 1 N–H and O–H groups in total. The Morgan fingerprint density at radius 3 is 2.50 bits per heavy atom. The van der Waals surface area contributed by atoms with E-state index in [1.165, 1.54) is 0 Å². The van der Waals surface area contributed by atoms with Gasteiger partial charge < -0.3 is 9.47 Å². The van der Waals surface area contributed by atoms with Crippen LogP contribution in [0.1, 0.15) is 10.4 Å². The highest BCUT2D eigenvalue weighted by molar-refractivity contribution is 8.11. The van der Waals surface area contributed by atoms with Gasteiger partial charge in [-0.15, -0.1) is 0 Å². The maximum absolute atomic E-state index is 11.9. The lowest BCUT2D eigenvalue weighted by molar-refractivity contribution is 0.0775. The van der Waals surface area contributed by atoms with Gasteiger partial charge in [-0.3, -0.25) is 14.9 Å². The molecule has 0 atom stereocenters. The Kier molecular flexibility index (Phi) is 5.40. The Labute approximate surface area is 121 Å². The standard InChI is InChI=1S/C13H16N2O4S/c1-18-11-4-2-10(3-5-11)12(16)14-13(17)20-15-6-8-19-9-7-15/h2-5H,6-9H2,1H3,(H,14,16,17). The maximum atomic E-state index is 11.9. The first-order valence-electron chi connectivity index (χ1n) is 6.19. The molecular formula is C13H16N2O4S. The first kappa shape index (κ1) is 14.8. The molecule has 108 valence electrons. The van der Waals surface area contributed by atoms with Crippen LogP contribution in [0.15, 0.2) is 24.3 Å². The average molecular weight is 296 g/mol. The van der Waals surface area contributed by atoms with E-state index in [0.717, 1.165) is 11.9 Å². The van der Waals surface area contributed by atoms with Crippen LogP contribution in [0.5, 0.6) is 5.75 Å². The Hall–Kier alpha value is -1.57. The third-order valence-electron chi connectivity index (χ3n) is 2.75. The van der Waals surface area contributed by atoms with Crippen LogP contribution in [0, 0.1) is 0 Å². The summed E-state index contributed by atoms with van der Waals surface area (Å²) in [5.41, 5.74) is 0.418. The number of methoxy groups -OCH3 is 1. The van der Waals surface area contributed by atoms with Crippen molar-refractivity contribution in [2.24, 2.45) is 0 Å². The fourth-order valence-electron chi connectivity index (χ4n) is 1.69. The number of nitrogens with zero attached hydrogens (tertiary/aromatic N) is 1. The van der Waals surface area contributed by atoms with Crippen LogP contribution >= 0.6 is 11.9 Å². The summed E-state index contributed by atoms with van der Waals surface area (Å²) in [6.45, 7) is 2.56. The van der Waals surface area contributed by atoms with E-state index in [0.29, 0.717) is 37.6 Å². The maximum Gasteiger partial charge on any atom is 0.301 e. The van der Waals surface area contributed by atoms with Gasteiger partial charge in [0, 0.05) is 30.6 Å². The van der Waals surface area contributed by atoms with Gasteiger partial charge in [-0.05, 0) is 24.3 Å². The Morgan fingerprint density at radius 2 is 1.90 bits per heavy atom. The van der Waals surface area contributed by atoms with Crippen molar-refractivity contribution in [3.8, 4) is 5.75 Å². The van der Waals surface area contributed by atoms with Gasteiger partial charge in [0.1, 0.15) is 5.75 Å². The minimum absolute atomic E-state index is 0.382. The number of imide groups is 1. The van der Waals surface area contributed by atoms with Gasteiger partial charge in [-0.25, -0.2) is 4.31 Å². The average Bonchev–Trinajstić information content (AvgIpc) is 2.48. The molecule has 1 heterocycles. The molecule has 2 amide bonds. The predicted molar refractivity (Wildman–Crippen MR) is 75.8 cm³/mol. The normalized spacial score (nSPS) is 15.7. The van der Waals surface area contributed by atoms with Crippen molar-refractivity contribution in [1.29, 1.82) is 0 Å². The van der Waals surface area contributed by atoms with Gasteiger partial charge in [0.15, 0.2) is 0 Å². The first-order chi connectivity index (χ1) is 9.69. The number of carbonyl (C=O) groups is 2. The second-order valence-corrected chi connectivity index (χ2v) is 5.17. The van der Waals surface area contributed by atoms with E-state index in [-0.39, 0.29) is 5.24 Å². The molecule has 2 rings (SSSR count). The highest BCUT2D eigenvalue weighted by atomic mass is 32.2. The smallest absolute Gasteiger partial charge is 0.301 e. The lowest BCUT2D eigenvalue weighted by atomic mass is 10.2. The van der Waals surface area contributed by atoms with Gasteiger partial charge in [-0.1, -0.05) is 0 Å². The Bertz CT molecular complexity index is 472. The quantitative estimate of drug-likeness (QED) is 0.853. The molecule has 1 saturated heterocycles. The Morgan fingerprint density at radius 1 is 1.25 bits per heavy atom. The summed E-state index contributed by atoms with van der Waals surface area (Å²) in [7, 11) is 1.55. The number of carbonyl (C=O) groups excluding carboxylic acids is 2. The van der Waals surface area contributed by atoms with Crippen molar-refractivity contribution in [2.45, 2.75) is 0 Å². The molecule has 1 fully saturated rings. The predicted octanol–water partition coefficient (Wildman–Crippen LogP) is 1.53. The van der Waals surface area contributed by atoms with Crippen molar-refractivity contribution in [3.63, 3.8) is 0 Å². The number of hydrogen-bond acceptors (Lipinski definition) is 6. The van der Waals surface area contributed by atoms with E-state index in [1.807, 2.05) is 4.31 Å². The number of hydrogen-bond donors (Lipinski definition) is 1. The minimum Gasteiger partial charge on any atom is -0.497 e. The van der Waals surface area contributed by atoms with Crippen LogP contribution in [0.3, 0.4) is 0 Å². The zero-order chi connectivity index (χ0) is 14.4. The minimum atomic E-state index is -0.418. The molecule has 1 aliphatic heterocycles. The SMILES string of the molecule is COc1ccc(C(=O)NC(=O)SN2CCOCC2)cc1. The topological polar surface area (TPSA) is 67.9 Å². The molecule has 0 saturated carbocycles. The van der Waals surface area contributed by atoms with E-state index in [9.17, 15) is 9.59 Å². The van der Waals surface area contributed by atoms with E-state index >= 15 is 0 Å². The number of nitrogens with one attached hydrogen (secondary N) is 1. The molecule has 20 heavy (non-hydrogen) atoms. The summed E-state index contributed by atoms with van der Waals surface area (Å²) in [6, 6.07) is 6.57. The lowest BCUT2D eigenvalue weighted by Crippen LogP contribution is -2.35. The number of benzene rings is 1. The molecule has 0 aliphatic carbocycles. The fraction of sp³-hybridized carbons (Fsp3) is 0.385. The lowest BCUT2D eigenvalue weighted by Gasteiger charge is -2.24. The summed E-state index contributed by atoms with van der Waals surface area (Å²) in [6.07, 6.45) is 0. The number of ether oxygens (including phenoxy) is 2. The molecule has 0 radical (unpaired) electrons. The number of rotatable bonds is 3. The molecule has 7 heteroatoms. The van der Waals surface area contributed by atoms with Gasteiger partial charge in [0.05, 0.1) is 20.3 Å². The van der Waals surface area contributed by atoms with E-state index in [4.69, 9.17) is 9.47 Å². The highest BCUT2D eigenvalue weighted by Crippen LogP contribution is 2.14. The van der Waals surface area contributed by atoms with Crippen molar-refractivity contribution in [1.82, 2.24) is 9.62 Å².